The zero-order chi connectivity index (χ0) is 25.8. The fourth-order valence-electron chi connectivity index (χ4n) is 5.52. The van der Waals surface area contributed by atoms with Crippen molar-refractivity contribution < 1.29 is 19.0 Å². The number of carbonyl (C=O) groups is 1. The molecule has 5 rings (SSSR count). The molecule has 2 aliphatic heterocycles. The van der Waals surface area contributed by atoms with Gasteiger partial charge in [-0.25, -0.2) is 9.97 Å². The molecule has 2 aromatic carbocycles. The fourth-order valence-corrected chi connectivity index (χ4v) is 5.52. The number of rotatable bonds is 7. The Kier molecular flexibility index (Phi) is 7.98. The number of piperidine rings is 1. The molecule has 37 heavy (non-hydrogen) atoms. The van der Waals surface area contributed by atoms with Crippen LogP contribution in [-0.4, -0.2) is 79.5 Å². The average Bonchev–Trinajstić information content (AvgIpc) is 2.94. The van der Waals surface area contributed by atoms with Crippen LogP contribution in [-0.2, 0) is 15.9 Å². The van der Waals surface area contributed by atoms with Gasteiger partial charge in [-0.15, -0.1) is 0 Å². The standard InChI is InChI=1S/C29H36N4O4/c1-19-25(15-20-14-21-6-4-5-7-23(21)26(16-20)35-2)30-18-31-28(19)29(34)33-11-8-22(9-12-33)32-24-10-13-37-17-27(24)36-3/h4-7,14,16,18,22,24,27,32H,8-13,15,17H2,1-3H3/t24-,27+/m1/s1. The number of aromatic nitrogens is 2. The molecule has 0 saturated carbocycles. The van der Waals surface area contributed by atoms with E-state index in [0.717, 1.165) is 59.2 Å². The van der Waals surface area contributed by atoms with Gasteiger partial charge >= 0.3 is 0 Å². The third kappa shape index (κ3) is 5.61. The number of ether oxygens (including phenoxy) is 3. The summed E-state index contributed by atoms with van der Waals surface area (Å²) < 4.78 is 16.8. The van der Waals surface area contributed by atoms with Gasteiger partial charge in [-0.2, -0.15) is 0 Å². The van der Waals surface area contributed by atoms with Gasteiger partial charge in [-0.05, 0) is 43.2 Å². The first-order valence-corrected chi connectivity index (χ1v) is 13.1. The highest BCUT2D eigenvalue weighted by atomic mass is 16.5. The van der Waals surface area contributed by atoms with Crippen LogP contribution in [0.1, 0.15) is 46.6 Å². The Morgan fingerprint density at radius 3 is 2.73 bits per heavy atom. The number of nitrogens with one attached hydrogen (secondary N) is 1. The van der Waals surface area contributed by atoms with Gasteiger partial charge in [0.15, 0.2) is 0 Å². The lowest BCUT2D eigenvalue weighted by Crippen LogP contribution is -2.54. The highest BCUT2D eigenvalue weighted by molar-refractivity contribution is 5.94. The Morgan fingerprint density at radius 2 is 1.95 bits per heavy atom. The Labute approximate surface area is 218 Å². The number of benzene rings is 2. The number of hydrogen-bond acceptors (Lipinski definition) is 7. The second kappa shape index (κ2) is 11.5. The van der Waals surface area contributed by atoms with Crippen molar-refractivity contribution in [1.82, 2.24) is 20.2 Å². The molecule has 2 atom stereocenters. The smallest absolute Gasteiger partial charge is 0.272 e. The molecular weight excluding hydrogens is 468 g/mol. The van der Waals surface area contributed by atoms with E-state index in [1.54, 1.807) is 14.2 Å². The molecular formula is C29H36N4O4. The van der Waals surface area contributed by atoms with E-state index in [1.807, 2.05) is 24.0 Å². The first-order valence-electron chi connectivity index (χ1n) is 13.1. The maximum absolute atomic E-state index is 13.5. The number of nitrogens with zero attached hydrogens (tertiary/aromatic N) is 3. The van der Waals surface area contributed by atoms with Crippen molar-refractivity contribution in [2.24, 2.45) is 0 Å². The van der Waals surface area contributed by atoms with Crippen molar-refractivity contribution in [2.45, 2.75) is 50.8 Å². The second-order valence-electron chi connectivity index (χ2n) is 9.97. The van der Waals surface area contributed by atoms with Gasteiger partial charge in [-0.1, -0.05) is 30.3 Å². The summed E-state index contributed by atoms with van der Waals surface area (Å²) in [5, 5.41) is 5.95. The molecule has 3 heterocycles. The van der Waals surface area contributed by atoms with Gasteiger partial charge in [0.2, 0.25) is 0 Å². The molecule has 2 aliphatic rings. The van der Waals surface area contributed by atoms with Crippen LogP contribution in [0.4, 0.5) is 0 Å². The zero-order valence-electron chi connectivity index (χ0n) is 21.9. The van der Waals surface area contributed by atoms with Crippen LogP contribution >= 0.6 is 0 Å². The molecule has 0 unspecified atom stereocenters. The van der Waals surface area contributed by atoms with Crippen LogP contribution in [0.3, 0.4) is 0 Å². The van der Waals surface area contributed by atoms with Gasteiger partial charge < -0.3 is 24.4 Å². The Bertz CT molecular complexity index is 1240. The maximum Gasteiger partial charge on any atom is 0.272 e. The van der Waals surface area contributed by atoms with Gasteiger partial charge in [0.1, 0.15) is 17.8 Å². The van der Waals surface area contributed by atoms with Crippen molar-refractivity contribution >= 4 is 16.7 Å². The first-order chi connectivity index (χ1) is 18.1. The number of fused-ring (bicyclic) bond motifs is 1. The van der Waals surface area contributed by atoms with Crippen LogP contribution < -0.4 is 10.1 Å². The summed E-state index contributed by atoms with van der Waals surface area (Å²) >= 11 is 0. The monoisotopic (exact) mass is 504 g/mol. The first kappa shape index (κ1) is 25.6. The minimum Gasteiger partial charge on any atom is -0.496 e. The van der Waals surface area contributed by atoms with Crippen molar-refractivity contribution in [3.8, 4) is 5.75 Å². The highest BCUT2D eigenvalue weighted by Gasteiger charge is 2.31. The maximum atomic E-state index is 13.5. The van der Waals surface area contributed by atoms with Gasteiger partial charge in [-0.3, -0.25) is 4.79 Å². The lowest BCUT2D eigenvalue weighted by molar-refractivity contribution is -0.0533. The molecule has 0 radical (unpaired) electrons. The number of hydrogen-bond donors (Lipinski definition) is 1. The molecule has 8 nitrogen and oxygen atoms in total. The van der Waals surface area contributed by atoms with Crippen LogP contribution in [0.2, 0.25) is 0 Å². The Hall–Kier alpha value is -3.07. The zero-order valence-corrected chi connectivity index (χ0v) is 21.9. The molecule has 0 spiro atoms. The molecule has 196 valence electrons. The lowest BCUT2D eigenvalue weighted by atomic mass is 9.98. The van der Waals surface area contributed by atoms with E-state index in [9.17, 15) is 4.79 Å². The molecule has 8 heteroatoms. The predicted molar refractivity (Wildman–Crippen MR) is 142 cm³/mol. The predicted octanol–water partition coefficient (Wildman–Crippen LogP) is 3.54. The third-order valence-electron chi connectivity index (χ3n) is 7.70. The summed E-state index contributed by atoms with van der Waals surface area (Å²) in [7, 11) is 3.43. The molecule has 1 aromatic heterocycles. The van der Waals surface area contributed by atoms with Crippen LogP contribution in [0.15, 0.2) is 42.7 Å². The molecule has 2 fully saturated rings. The van der Waals surface area contributed by atoms with Crippen molar-refractivity contribution in [3.05, 3.63) is 65.2 Å². The highest BCUT2D eigenvalue weighted by Crippen LogP contribution is 2.29. The van der Waals surface area contributed by atoms with E-state index in [0.29, 0.717) is 43.9 Å². The topological polar surface area (TPSA) is 85.8 Å². The Morgan fingerprint density at radius 1 is 1.14 bits per heavy atom. The van der Waals surface area contributed by atoms with Gasteiger partial charge in [0.05, 0.1) is 25.5 Å². The fraction of sp³-hybridized carbons (Fsp3) is 0.483. The summed E-state index contributed by atoms with van der Waals surface area (Å²) in [6, 6.07) is 13.1. The van der Waals surface area contributed by atoms with Gasteiger partial charge in [0.25, 0.3) is 5.91 Å². The van der Waals surface area contributed by atoms with E-state index in [4.69, 9.17) is 14.2 Å². The second-order valence-corrected chi connectivity index (χ2v) is 9.97. The van der Waals surface area contributed by atoms with E-state index in [1.165, 1.54) is 6.33 Å². The summed E-state index contributed by atoms with van der Waals surface area (Å²) in [6.07, 6.45) is 4.97. The molecule has 2 saturated heterocycles. The summed E-state index contributed by atoms with van der Waals surface area (Å²) in [5.74, 6) is 0.821. The molecule has 3 aromatic rings. The van der Waals surface area contributed by atoms with Crippen molar-refractivity contribution in [1.29, 1.82) is 0 Å². The van der Waals surface area contributed by atoms with E-state index < -0.39 is 0 Å². The van der Waals surface area contributed by atoms with Crippen molar-refractivity contribution in [3.63, 3.8) is 0 Å². The lowest BCUT2D eigenvalue weighted by Gasteiger charge is -2.38. The van der Waals surface area contributed by atoms with Crippen LogP contribution in [0.25, 0.3) is 10.8 Å². The van der Waals surface area contributed by atoms with E-state index in [2.05, 4.69) is 39.6 Å². The molecule has 1 N–H and O–H groups in total. The van der Waals surface area contributed by atoms with E-state index in [-0.39, 0.29) is 12.0 Å². The largest absolute Gasteiger partial charge is 0.496 e. The summed E-state index contributed by atoms with van der Waals surface area (Å²) in [5.41, 5.74) is 3.28. The van der Waals surface area contributed by atoms with Crippen LogP contribution in [0.5, 0.6) is 5.75 Å². The molecule has 0 bridgehead atoms. The van der Waals surface area contributed by atoms with Gasteiger partial charge in [0, 0.05) is 56.3 Å². The molecule has 1 amide bonds. The SMILES string of the molecule is COc1cc(Cc2ncnc(C(=O)N3CCC(N[C@@H]4CCOC[C@@H]4OC)CC3)c2C)cc2ccccc12. The number of likely N-dealkylation sites (tertiary alicyclic amines) is 1. The number of methoxy groups -OCH3 is 2. The minimum absolute atomic E-state index is 0.0171. The number of amides is 1. The van der Waals surface area contributed by atoms with E-state index >= 15 is 0 Å². The summed E-state index contributed by atoms with van der Waals surface area (Å²) in [6.45, 7) is 4.75. The van der Waals surface area contributed by atoms with Crippen molar-refractivity contribution in [2.75, 3.05) is 40.5 Å². The quantitative estimate of drug-likeness (QED) is 0.527. The van der Waals surface area contributed by atoms with Crippen LogP contribution in [0, 0.1) is 6.92 Å². The minimum atomic E-state index is -0.0171. The Balaban J connectivity index is 1.25. The third-order valence-corrected chi connectivity index (χ3v) is 7.70. The normalized spacial score (nSPS) is 20.8. The molecule has 0 aliphatic carbocycles. The average molecular weight is 505 g/mol. The summed E-state index contributed by atoms with van der Waals surface area (Å²) in [4.78, 5) is 24.3. The number of carbonyl (C=O) groups excluding carboxylic acids is 1.